The summed E-state index contributed by atoms with van der Waals surface area (Å²) in [7, 11) is -6.26. The van der Waals surface area contributed by atoms with Crippen LogP contribution in [0.15, 0.2) is 82.6 Å². The van der Waals surface area contributed by atoms with Crippen LogP contribution in [0.4, 0.5) is 5.69 Å². The smallest absolute Gasteiger partial charge is 0.261 e. The first-order valence-corrected chi connectivity index (χ1v) is 11.1. The highest BCUT2D eigenvalue weighted by atomic mass is 32.2. The lowest BCUT2D eigenvalue weighted by Gasteiger charge is -2.10. The molecule has 0 saturated heterocycles. The molecule has 3 rings (SSSR count). The quantitative estimate of drug-likeness (QED) is 0.639. The summed E-state index contributed by atoms with van der Waals surface area (Å²) >= 11 is 0. The van der Waals surface area contributed by atoms with Crippen LogP contribution in [0, 0.1) is 0 Å². The Bertz CT molecular complexity index is 1210. The SMILES string of the molecule is COc1cccc(-c2ccc(S(=O)(=O)Nc3cccc(S(N)(=O)=O)c3)cc2)c1. The minimum atomic E-state index is -3.93. The van der Waals surface area contributed by atoms with Crippen LogP contribution in [0.1, 0.15) is 0 Å². The second kappa shape index (κ2) is 7.63. The molecule has 0 saturated carbocycles. The molecule has 3 N–H and O–H groups in total. The standard InChI is InChI=1S/C19H18N2O5S2/c1-26-17-6-2-4-15(12-17)14-8-10-18(11-9-14)28(24,25)21-16-5-3-7-19(13-16)27(20,22)23/h2-13,21H,1H3,(H2,20,22,23). The summed E-state index contributed by atoms with van der Waals surface area (Å²) in [6.07, 6.45) is 0. The first-order chi connectivity index (χ1) is 13.2. The van der Waals surface area contributed by atoms with Gasteiger partial charge >= 0.3 is 0 Å². The van der Waals surface area contributed by atoms with Gasteiger partial charge in [0, 0.05) is 0 Å². The summed E-state index contributed by atoms with van der Waals surface area (Å²) in [5, 5.41) is 5.08. The molecule has 0 aliphatic heterocycles. The highest BCUT2D eigenvalue weighted by Gasteiger charge is 2.16. The zero-order chi connectivity index (χ0) is 20.4. The van der Waals surface area contributed by atoms with Crippen LogP contribution in [0.3, 0.4) is 0 Å². The number of ether oxygens (including phenoxy) is 1. The second-order valence-electron chi connectivity index (χ2n) is 5.93. The van der Waals surface area contributed by atoms with Gasteiger partial charge in [0.25, 0.3) is 10.0 Å². The third-order valence-electron chi connectivity index (χ3n) is 3.98. The van der Waals surface area contributed by atoms with Crippen LogP contribution in [-0.4, -0.2) is 23.9 Å². The van der Waals surface area contributed by atoms with E-state index in [0.29, 0.717) is 5.75 Å². The molecule has 3 aromatic carbocycles. The van der Waals surface area contributed by atoms with E-state index in [1.54, 1.807) is 19.2 Å². The Hall–Kier alpha value is -2.88. The molecule has 0 atom stereocenters. The fourth-order valence-electron chi connectivity index (χ4n) is 2.58. The van der Waals surface area contributed by atoms with Crippen molar-refractivity contribution in [3.63, 3.8) is 0 Å². The maximum atomic E-state index is 12.6. The zero-order valence-corrected chi connectivity index (χ0v) is 16.5. The summed E-state index contributed by atoms with van der Waals surface area (Å²) in [6, 6.07) is 19.0. The van der Waals surface area contributed by atoms with Crippen molar-refractivity contribution < 1.29 is 21.6 Å². The van der Waals surface area contributed by atoms with Crippen LogP contribution in [-0.2, 0) is 20.0 Å². The molecule has 0 unspecified atom stereocenters. The van der Waals surface area contributed by atoms with Crippen LogP contribution >= 0.6 is 0 Å². The lowest BCUT2D eigenvalue weighted by Crippen LogP contribution is -2.15. The molecular weight excluding hydrogens is 400 g/mol. The number of hydrogen-bond acceptors (Lipinski definition) is 5. The third-order valence-corrected chi connectivity index (χ3v) is 6.29. The van der Waals surface area contributed by atoms with Gasteiger partial charge in [0.15, 0.2) is 0 Å². The van der Waals surface area contributed by atoms with Crippen molar-refractivity contribution in [2.24, 2.45) is 5.14 Å². The van der Waals surface area contributed by atoms with Crippen molar-refractivity contribution in [3.05, 3.63) is 72.8 Å². The summed E-state index contributed by atoms with van der Waals surface area (Å²) in [5.74, 6) is 0.700. The number of nitrogens with one attached hydrogen (secondary N) is 1. The Kier molecular flexibility index (Phi) is 5.41. The molecule has 0 aliphatic rings. The fraction of sp³-hybridized carbons (Fsp3) is 0.0526. The number of benzene rings is 3. The van der Waals surface area contributed by atoms with Crippen molar-refractivity contribution in [2.75, 3.05) is 11.8 Å². The maximum absolute atomic E-state index is 12.6. The van der Waals surface area contributed by atoms with E-state index in [-0.39, 0.29) is 15.5 Å². The van der Waals surface area contributed by atoms with E-state index >= 15 is 0 Å². The average molecular weight is 418 g/mol. The molecule has 0 radical (unpaired) electrons. The molecular formula is C19H18N2O5S2. The lowest BCUT2D eigenvalue weighted by atomic mass is 10.1. The normalized spacial score (nSPS) is 11.8. The first-order valence-electron chi connectivity index (χ1n) is 8.09. The molecule has 0 bridgehead atoms. The van der Waals surface area contributed by atoms with Gasteiger partial charge in [-0.25, -0.2) is 22.0 Å². The van der Waals surface area contributed by atoms with Gasteiger partial charge in [-0.1, -0.05) is 30.3 Å². The number of nitrogens with two attached hydrogens (primary N) is 1. The van der Waals surface area contributed by atoms with Gasteiger partial charge in [0.1, 0.15) is 5.75 Å². The number of primary sulfonamides is 1. The number of sulfonamides is 2. The Morgan fingerprint density at radius 1 is 0.786 bits per heavy atom. The van der Waals surface area contributed by atoms with Crippen LogP contribution in [0.2, 0.25) is 0 Å². The highest BCUT2D eigenvalue weighted by Crippen LogP contribution is 2.26. The average Bonchev–Trinajstić information content (AvgIpc) is 2.67. The monoisotopic (exact) mass is 418 g/mol. The summed E-state index contributed by atoms with van der Waals surface area (Å²) in [6.45, 7) is 0. The molecule has 3 aromatic rings. The van der Waals surface area contributed by atoms with Gasteiger partial charge in [-0.15, -0.1) is 0 Å². The van der Waals surface area contributed by atoms with Crippen molar-refractivity contribution in [2.45, 2.75) is 9.79 Å². The lowest BCUT2D eigenvalue weighted by molar-refractivity contribution is 0.415. The minimum absolute atomic E-state index is 0.0418. The Morgan fingerprint density at radius 2 is 1.46 bits per heavy atom. The Labute approximate surface area is 163 Å². The van der Waals surface area contributed by atoms with Crippen LogP contribution < -0.4 is 14.6 Å². The van der Waals surface area contributed by atoms with Crippen molar-refractivity contribution in [1.29, 1.82) is 0 Å². The molecule has 146 valence electrons. The molecule has 7 nitrogen and oxygen atoms in total. The minimum Gasteiger partial charge on any atom is -0.497 e. The first kappa shape index (κ1) is 19.9. The van der Waals surface area contributed by atoms with Gasteiger partial charge in [0.05, 0.1) is 22.6 Å². The molecule has 9 heteroatoms. The molecule has 0 aliphatic carbocycles. The van der Waals surface area contributed by atoms with Gasteiger partial charge in [0.2, 0.25) is 10.0 Å². The second-order valence-corrected chi connectivity index (χ2v) is 9.18. The fourth-order valence-corrected chi connectivity index (χ4v) is 4.19. The predicted octanol–water partition coefficient (Wildman–Crippen LogP) is 2.81. The molecule has 0 spiro atoms. The van der Waals surface area contributed by atoms with Crippen LogP contribution in [0.5, 0.6) is 5.75 Å². The number of methoxy groups -OCH3 is 1. The van der Waals surface area contributed by atoms with Gasteiger partial charge in [-0.3, -0.25) is 4.72 Å². The Morgan fingerprint density at radius 3 is 2.11 bits per heavy atom. The maximum Gasteiger partial charge on any atom is 0.261 e. The van der Waals surface area contributed by atoms with Gasteiger partial charge in [-0.05, 0) is 53.6 Å². The molecule has 28 heavy (non-hydrogen) atoms. The largest absolute Gasteiger partial charge is 0.497 e. The molecule has 0 aromatic heterocycles. The van der Waals surface area contributed by atoms with E-state index in [1.807, 2.05) is 24.3 Å². The number of anilines is 1. The molecule has 0 fully saturated rings. The topological polar surface area (TPSA) is 116 Å². The van der Waals surface area contributed by atoms with Crippen LogP contribution in [0.25, 0.3) is 11.1 Å². The van der Waals surface area contributed by atoms with Gasteiger partial charge < -0.3 is 4.74 Å². The number of rotatable bonds is 6. The van der Waals surface area contributed by atoms with E-state index in [9.17, 15) is 16.8 Å². The molecule has 0 amide bonds. The van der Waals surface area contributed by atoms with E-state index < -0.39 is 20.0 Å². The third kappa shape index (κ3) is 4.50. The predicted molar refractivity (Wildman–Crippen MR) is 107 cm³/mol. The van der Waals surface area contributed by atoms with Crippen molar-refractivity contribution in [1.82, 2.24) is 0 Å². The summed E-state index contributed by atoms with van der Waals surface area (Å²) < 4.78 is 55.6. The van der Waals surface area contributed by atoms with Crippen molar-refractivity contribution >= 4 is 25.7 Å². The van der Waals surface area contributed by atoms with Crippen molar-refractivity contribution in [3.8, 4) is 16.9 Å². The van der Waals surface area contributed by atoms with Gasteiger partial charge in [-0.2, -0.15) is 0 Å². The van der Waals surface area contributed by atoms with E-state index in [0.717, 1.165) is 17.2 Å². The Balaban J connectivity index is 1.86. The van der Waals surface area contributed by atoms with E-state index in [2.05, 4.69) is 4.72 Å². The zero-order valence-electron chi connectivity index (χ0n) is 14.9. The van der Waals surface area contributed by atoms with E-state index in [4.69, 9.17) is 9.88 Å². The number of hydrogen-bond donors (Lipinski definition) is 2. The van der Waals surface area contributed by atoms with E-state index in [1.165, 1.54) is 30.3 Å². The molecule has 0 heterocycles. The summed E-state index contributed by atoms with van der Waals surface area (Å²) in [4.78, 5) is -0.138. The summed E-state index contributed by atoms with van der Waals surface area (Å²) in [5.41, 5.74) is 1.81. The highest BCUT2D eigenvalue weighted by molar-refractivity contribution is 7.92.